The molecule has 0 aromatic heterocycles. The van der Waals surface area contributed by atoms with Crippen molar-refractivity contribution in [2.75, 3.05) is 7.05 Å². The summed E-state index contributed by atoms with van der Waals surface area (Å²) < 4.78 is 0. The van der Waals surface area contributed by atoms with Crippen LogP contribution >= 0.6 is 23.2 Å². The third kappa shape index (κ3) is 3.68. The van der Waals surface area contributed by atoms with E-state index >= 15 is 0 Å². The predicted molar refractivity (Wildman–Crippen MR) is 67.6 cm³/mol. The van der Waals surface area contributed by atoms with E-state index in [1.807, 2.05) is 20.0 Å². The van der Waals surface area contributed by atoms with Crippen LogP contribution in [0.1, 0.15) is 18.9 Å². The van der Waals surface area contributed by atoms with Gasteiger partial charge in [-0.3, -0.25) is 4.90 Å². The third-order valence-electron chi connectivity index (χ3n) is 2.57. The lowest BCUT2D eigenvalue weighted by atomic mass is 10.1. The van der Waals surface area contributed by atoms with Gasteiger partial charge >= 0.3 is 0 Å². The zero-order valence-corrected chi connectivity index (χ0v) is 10.9. The van der Waals surface area contributed by atoms with Gasteiger partial charge in [0, 0.05) is 22.6 Å². The molecular weight excluding hydrogens is 243 g/mol. The second-order valence-electron chi connectivity index (χ2n) is 3.86. The number of hydrogen-bond acceptors (Lipinski definition) is 2. The Labute approximate surface area is 106 Å². The molecule has 16 heavy (non-hydrogen) atoms. The second-order valence-corrected chi connectivity index (χ2v) is 4.71. The van der Waals surface area contributed by atoms with Crippen molar-refractivity contribution < 1.29 is 0 Å². The molecule has 1 rings (SSSR count). The van der Waals surface area contributed by atoms with Gasteiger partial charge in [0.05, 0.1) is 12.5 Å². The highest BCUT2D eigenvalue weighted by molar-refractivity contribution is 6.33. The summed E-state index contributed by atoms with van der Waals surface area (Å²) in [5.74, 6) is 0. The van der Waals surface area contributed by atoms with E-state index in [1.165, 1.54) is 0 Å². The number of benzene rings is 1. The van der Waals surface area contributed by atoms with E-state index in [1.54, 1.807) is 12.1 Å². The molecule has 0 aliphatic rings. The quantitative estimate of drug-likeness (QED) is 0.821. The Morgan fingerprint density at radius 2 is 2.12 bits per heavy atom. The lowest BCUT2D eigenvalue weighted by Gasteiger charge is -2.23. The molecule has 1 atom stereocenters. The van der Waals surface area contributed by atoms with E-state index in [0.717, 1.165) is 5.56 Å². The van der Waals surface area contributed by atoms with E-state index < -0.39 is 0 Å². The van der Waals surface area contributed by atoms with Crippen LogP contribution in [-0.4, -0.2) is 18.0 Å². The zero-order valence-electron chi connectivity index (χ0n) is 9.37. The van der Waals surface area contributed by atoms with Crippen LogP contribution in [0.15, 0.2) is 18.2 Å². The molecule has 1 unspecified atom stereocenters. The Balaban J connectivity index is 2.73. The lowest BCUT2D eigenvalue weighted by molar-refractivity contribution is 0.252. The molecule has 86 valence electrons. The van der Waals surface area contributed by atoms with Crippen LogP contribution in [0.4, 0.5) is 0 Å². The minimum atomic E-state index is 0.208. The van der Waals surface area contributed by atoms with Crippen LogP contribution in [0.5, 0.6) is 0 Å². The van der Waals surface area contributed by atoms with Crippen LogP contribution in [0.3, 0.4) is 0 Å². The highest BCUT2D eigenvalue weighted by Gasteiger charge is 2.11. The first-order valence-corrected chi connectivity index (χ1v) is 5.81. The summed E-state index contributed by atoms with van der Waals surface area (Å²) in [6.45, 7) is 2.71. The van der Waals surface area contributed by atoms with Gasteiger partial charge in [0.2, 0.25) is 0 Å². The normalized spacial score (nSPS) is 12.5. The Morgan fingerprint density at radius 1 is 1.44 bits per heavy atom. The van der Waals surface area contributed by atoms with Crippen LogP contribution in [0.25, 0.3) is 0 Å². The average Bonchev–Trinajstić information content (AvgIpc) is 2.23. The Kier molecular flexibility index (Phi) is 5.08. The molecule has 0 aliphatic carbocycles. The van der Waals surface area contributed by atoms with Crippen LogP contribution in [0.2, 0.25) is 10.0 Å². The molecule has 0 heterocycles. The molecule has 1 aromatic rings. The molecule has 4 heteroatoms. The first kappa shape index (κ1) is 13.3. The maximum absolute atomic E-state index is 8.63. The minimum Gasteiger partial charge on any atom is -0.298 e. The van der Waals surface area contributed by atoms with E-state index in [2.05, 4.69) is 11.0 Å². The topological polar surface area (TPSA) is 27.0 Å². The summed E-state index contributed by atoms with van der Waals surface area (Å²) in [5, 5.41) is 10.0. The number of rotatable bonds is 4. The van der Waals surface area contributed by atoms with Gasteiger partial charge in [0.15, 0.2) is 0 Å². The Bertz CT molecular complexity index is 398. The van der Waals surface area contributed by atoms with E-state index in [-0.39, 0.29) is 6.04 Å². The van der Waals surface area contributed by atoms with Gasteiger partial charge in [-0.25, -0.2) is 0 Å². The van der Waals surface area contributed by atoms with Gasteiger partial charge in [0.25, 0.3) is 0 Å². The van der Waals surface area contributed by atoms with Crippen molar-refractivity contribution in [1.82, 2.24) is 4.90 Å². The molecule has 0 N–H and O–H groups in total. The van der Waals surface area contributed by atoms with E-state index in [9.17, 15) is 0 Å². The van der Waals surface area contributed by atoms with Crippen LogP contribution in [0, 0.1) is 11.3 Å². The van der Waals surface area contributed by atoms with Gasteiger partial charge in [-0.15, -0.1) is 0 Å². The number of hydrogen-bond donors (Lipinski definition) is 0. The predicted octanol–water partition coefficient (Wildman–Crippen LogP) is 3.73. The fraction of sp³-hybridized carbons (Fsp3) is 0.417. The lowest BCUT2D eigenvalue weighted by Crippen LogP contribution is -2.28. The molecule has 2 nitrogen and oxygen atoms in total. The van der Waals surface area contributed by atoms with Crippen molar-refractivity contribution >= 4 is 23.2 Å². The monoisotopic (exact) mass is 256 g/mol. The number of nitriles is 1. The van der Waals surface area contributed by atoms with Crippen molar-refractivity contribution in [3.63, 3.8) is 0 Å². The number of halogens is 2. The second kappa shape index (κ2) is 6.10. The summed E-state index contributed by atoms with van der Waals surface area (Å²) in [5.41, 5.74) is 0.987. The molecule has 0 bridgehead atoms. The standard InChI is InChI=1S/C12H14Cl2N2/c1-9(5-6-15)16(2)8-10-7-11(13)3-4-12(10)14/h3-4,7,9H,5,8H2,1-2H3. The molecule has 0 spiro atoms. The SMILES string of the molecule is CC(CC#N)N(C)Cc1cc(Cl)ccc1Cl. The summed E-state index contributed by atoms with van der Waals surface area (Å²) in [6, 6.07) is 7.79. The van der Waals surface area contributed by atoms with E-state index in [0.29, 0.717) is 23.0 Å². The van der Waals surface area contributed by atoms with Crippen LogP contribution in [-0.2, 0) is 6.54 Å². The van der Waals surface area contributed by atoms with Crippen molar-refractivity contribution in [3.8, 4) is 6.07 Å². The van der Waals surface area contributed by atoms with Gasteiger partial charge in [-0.1, -0.05) is 23.2 Å². The summed E-state index contributed by atoms with van der Waals surface area (Å²) in [4.78, 5) is 2.08. The van der Waals surface area contributed by atoms with Crippen molar-refractivity contribution in [1.29, 1.82) is 5.26 Å². The first-order valence-electron chi connectivity index (χ1n) is 5.05. The van der Waals surface area contributed by atoms with Crippen molar-refractivity contribution in [3.05, 3.63) is 33.8 Å². The van der Waals surface area contributed by atoms with Crippen molar-refractivity contribution in [2.45, 2.75) is 25.9 Å². The number of nitrogens with zero attached hydrogens (tertiary/aromatic N) is 2. The highest BCUT2D eigenvalue weighted by Crippen LogP contribution is 2.22. The fourth-order valence-electron chi connectivity index (χ4n) is 1.38. The molecule has 0 fully saturated rings. The average molecular weight is 257 g/mol. The van der Waals surface area contributed by atoms with Crippen molar-refractivity contribution in [2.24, 2.45) is 0 Å². The fourth-order valence-corrected chi connectivity index (χ4v) is 1.75. The Hall–Kier alpha value is -0.750. The summed E-state index contributed by atoms with van der Waals surface area (Å²) >= 11 is 12.0. The van der Waals surface area contributed by atoms with Gasteiger partial charge in [0.1, 0.15) is 0 Å². The van der Waals surface area contributed by atoms with Gasteiger partial charge < -0.3 is 0 Å². The molecule has 0 saturated carbocycles. The van der Waals surface area contributed by atoms with Crippen LogP contribution < -0.4 is 0 Å². The molecule has 0 aliphatic heterocycles. The maximum Gasteiger partial charge on any atom is 0.0638 e. The molecule has 0 radical (unpaired) electrons. The molecule has 1 aromatic carbocycles. The van der Waals surface area contributed by atoms with Gasteiger partial charge in [-0.2, -0.15) is 5.26 Å². The molecule has 0 saturated heterocycles. The van der Waals surface area contributed by atoms with Gasteiger partial charge in [-0.05, 0) is 37.7 Å². The largest absolute Gasteiger partial charge is 0.298 e. The Morgan fingerprint density at radius 3 is 2.75 bits per heavy atom. The summed E-state index contributed by atoms with van der Waals surface area (Å²) in [7, 11) is 1.97. The highest BCUT2D eigenvalue weighted by atomic mass is 35.5. The zero-order chi connectivity index (χ0) is 12.1. The smallest absolute Gasteiger partial charge is 0.0638 e. The first-order chi connectivity index (χ1) is 7.54. The summed E-state index contributed by atoms with van der Waals surface area (Å²) in [6.07, 6.45) is 0.509. The van der Waals surface area contributed by atoms with E-state index in [4.69, 9.17) is 28.5 Å². The minimum absolute atomic E-state index is 0.208. The third-order valence-corrected chi connectivity index (χ3v) is 3.17. The molecule has 0 amide bonds. The molecular formula is C12H14Cl2N2. The maximum atomic E-state index is 8.63.